The molecule has 1 fully saturated rings. The molecule has 0 bridgehead atoms. The van der Waals surface area contributed by atoms with E-state index in [1.807, 2.05) is 24.4 Å². The number of nitrogens with one attached hydrogen (secondary N) is 2. The standard InChI is InChI=1S/C17H24N4O2S/c1-13-20-14(12-24-13)10-18-17(22)19-11-15(16-6-5-9-23-16)21-7-3-2-4-8-21/h5-6,9,12,15H,2-4,7-8,10-11H2,1H3,(H2,18,19,22)/t15-/m1/s1. The van der Waals surface area contributed by atoms with Gasteiger partial charge in [-0.25, -0.2) is 9.78 Å². The van der Waals surface area contributed by atoms with Crippen LogP contribution in [0.15, 0.2) is 28.2 Å². The number of hydrogen-bond acceptors (Lipinski definition) is 5. The molecule has 6 nitrogen and oxygen atoms in total. The van der Waals surface area contributed by atoms with E-state index in [2.05, 4.69) is 20.5 Å². The Morgan fingerprint density at radius 1 is 1.38 bits per heavy atom. The summed E-state index contributed by atoms with van der Waals surface area (Å²) in [5, 5.41) is 8.81. The average Bonchev–Trinajstić information content (AvgIpc) is 3.26. The van der Waals surface area contributed by atoms with Gasteiger partial charge in [0.15, 0.2) is 0 Å². The number of hydrogen-bond donors (Lipinski definition) is 2. The van der Waals surface area contributed by atoms with Gasteiger partial charge in [0.05, 0.1) is 29.6 Å². The number of carbonyl (C=O) groups is 1. The van der Waals surface area contributed by atoms with Crippen LogP contribution in [0.2, 0.25) is 0 Å². The quantitative estimate of drug-likeness (QED) is 0.842. The molecule has 1 saturated heterocycles. The molecule has 0 aliphatic carbocycles. The molecule has 0 saturated carbocycles. The zero-order valence-electron chi connectivity index (χ0n) is 14.0. The molecule has 0 aromatic carbocycles. The van der Waals surface area contributed by atoms with Crippen molar-refractivity contribution in [3.63, 3.8) is 0 Å². The molecule has 7 heteroatoms. The molecule has 1 aliphatic rings. The molecule has 130 valence electrons. The Labute approximate surface area is 146 Å². The zero-order chi connectivity index (χ0) is 16.8. The van der Waals surface area contributed by atoms with E-state index in [0.717, 1.165) is 29.6 Å². The summed E-state index contributed by atoms with van der Waals surface area (Å²) in [4.78, 5) is 18.8. The minimum Gasteiger partial charge on any atom is -0.468 e. The normalized spacial score (nSPS) is 16.7. The fraction of sp³-hybridized carbons (Fsp3) is 0.529. The third-order valence-corrected chi connectivity index (χ3v) is 5.08. The number of thiazole rings is 1. The summed E-state index contributed by atoms with van der Waals surface area (Å²) in [6.45, 7) is 5.04. The lowest BCUT2D eigenvalue weighted by Gasteiger charge is -2.33. The van der Waals surface area contributed by atoms with E-state index in [1.54, 1.807) is 17.6 Å². The van der Waals surface area contributed by atoms with Crippen LogP contribution in [0.1, 0.15) is 41.8 Å². The number of furan rings is 1. The smallest absolute Gasteiger partial charge is 0.315 e. The number of carbonyl (C=O) groups excluding carboxylic acids is 1. The van der Waals surface area contributed by atoms with E-state index in [0.29, 0.717) is 13.1 Å². The van der Waals surface area contributed by atoms with E-state index in [4.69, 9.17) is 4.42 Å². The Bertz CT molecular complexity index is 635. The molecule has 2 aromatic heterocycles. The SMILES string of the molecule is Cc1nc(CNC(=O)NC[C@H](c2ccco2)N2CCCCC2)cs1. The fourth-order valence-electron chi connectivity index (χ4n) is 3.03. The van der Waals surface area contributed by atoms with E-state index in [9.17, 15) is 4.79 Å². The minimum atomic E-state index is -0.172. The van der Waals surface area contributed by atoms with Gasteiger partial charge in [-0.3, -0.25) is 4.90 Å². The zero-order valence-corrected chi connectivity index (χ0v) is 14.8. The number of aryl methyl sites for hydroxylation is 1. The van der Waals surface area contributed by atoms with Crippen LogP contribution in [0.25, 0.3) is 0 Å². The first kappa shape index (κ1) is 17.0. The molecule has 0 unspecified atom stereocenters. The summed E-state index contributed by atoms with van der Waals surface area (Å²) in [7, 11) is 0. The number of rotatable bonds is 6. The van der Waals surface area contributed by atoms with Gasteiger partial charge < -0.3 is 15.1 Å². The molecular formula is C17H24N4O2S. The van der Waals surface area contributed by atoms with Crippen LogP contribution in [-0.2, 0) is 6.54 Å². The van der Waals surface area contributed by atoms with Gasteiger partial charge in [0.1, 0.15) is 5.76 Å². The van der Waals surface area contributed by atoms with Gasteiger partial charge >= 0.3 is 6.03 Å². The third kappa shape index (κ3) is 4.58. The Kier molecular flexibility index (Phi) is 5.87. The second kappa shape index (κ2) is 8.30. The van der Waals surface area contributed by atoms with Gasteiger partial charge in [0.25, 0.3) is 0 Å². The number of urea groups is 1. The highest BCUT2D eigenvalue weighted by molar-refractivity contribution is 7.09. The summed E-state index contributed by atoms with van der Waals surface area (Å²) in [6, 6.07) is 3.80. The summed E-state index contributed by atoms with van der Waals surface area (Å²) in [6.07, 6.45) is 5.37. The van der Waals surface area contributed by atoms with Crippen LogP contribution in [0, 0.1) is 6.92 Å². The summed E-state index contributed by atoms with van der Waals surface area (Å²) in [5.41, 5.74) is 0.895. The number of amides is 2. The lowest BCUT2D eigenvalue weighted by Crippen LogP contribution is -2.43. The first-order valence-corrected chi connectivity index (χ1v) is 9.30. The lowest BCUT2D eigenvalue weighted by atomic mass is 10.1. The predicted molar refractivity (Wildman–Crippen MR) is 94.0 cm³/mol. The molecule has 3 rings (SSSR count). The maximum absolute atomic E-state index is 12.1. The van der Waals surface area contributed by atoms with Crippen molar-refractivity contribution < 1.29 is 9.21 Å². The van der Waals surface area contributed by atoms with E-state index < -0.39 is 0 Å². The lowest BCUT2D eigenvalue weighted by molar-refractivity contribution is 0.143. The van der Waals surface area contributed by atoms with Gasteiger partial charge in [-0.1, -0.05) is 6.42 Å². The molecule has 1 atom stereocenters. The Morgan fingerprint density at radius 2 is 2.21 bits per heavy atom. The average molecular weight is 348 g/mol. The second-order valence-electron chi connectivity index (χ2n) is 6.05. The molecule has 0 spiro atoms. The highest BCUT2D eigenvalue weighted by atomic mass is 32.1. The van der Waals surface area contributed by atoms with Crippen LogP contribution in [-0.4, -0.2) is 35.5 Å². The van der Waals surface area contributed by atoms with Gasteiger partial charge in [0, 0.05) is 11.9 Å². The number of aromatic nitrogens is 1. The molecule has 24 heavy (non-hydrogen) atoms. The van der Waals surface area contributed by atoms with Crippen molar-refractivity contribution in [3.8, 4) is 0 Å². The van der Waals surface area contributed by atoms with Crippen molar-refractivity contribution in [2.24, 2.45) is 0 Å². The molecular weight excluding hydrogens is 324 g/mol. The van der Waals surface area contributed by atoms with E-state index in [-0.39, 0.29) is 12.1 Å². The Morgan fingerprint density at radius 3 is 2.88 bits per heavy atom. The van der Waals surface area contributed by atoms with E-state index >= 15 is 0 Å². The van der Waals surface area contributed by atoms with Crippen LogP contribution in [0.3, 0.4) is 0 Å². The van der Waals surface area contributed by atoms with Crippen LogP contribution in [0.4, 0.5) is 4.79 Å². The summed E-state index contributed by atoms with van der Waals surface area (Å²) < 4.78 is 5.59. The second-order valence-corrected chi connectivity index (χ2v) is 7.11. The topological polar surface area (TPSA) is 70.4 Å². The Balaban J connectivity index is 1.52. The summed E-state index contributed by atoms with van der Waals surface area (Å²) >= 11 is 1.59. The Hall–Kier alpha value is -1.86. The maximum Gasteiger partial charge on any atom is 0.315 e. The van der Waals surface area contributed by atoms with E-state index in [1.165, 1.54) is 19.3 Å². The molecule has 3 heterocycles. The molecule has 0 radical (unpaired) electrons. The van der Waals surface area contributed by atoms with Crippen molar-refractivity contribution in [1.82, 2.24) is 20.5 Å². The van der Waals surface area contributed by atoms with Crippen molar-refractivity contribution >= 4 is 17.4 Å². The molecule has 2 amide bonds. The van der Waals surface area contributed by atoms with Crippen LogP contribution in [0.5, 0.6) is 0 Å². The van der Waals surface area contributed by atoms with Gasteiger partial charge in [-0.15, -0.1) is 11.3 Å². The van der Waals surface area contributed by atoms with Gasteiger partial charge in [0.2, 0.25) is 0 Å². The monoisotopic (exact) mass is 348 g/mol. The molecule has 1 aliphatic heterocycles. The predicted octanol–water partition coefficient (Wildman–Crippen LogP) is 3.07. The highest BCUT2D eigenvalue weighted by Gasteiger charge is 2.24. The van der Waals surface area contributed by atoms with Gasteiger partial charge in [-0.2, -0.15) is 0 Å². The fourth-order valence-corrected chi connectivity index (χ4v) is 3.65. The first-order chi connectivity index (χ1) is 11.7. The van der Waals surface area contributed by atoms with Crippen molar-refractivity contribution in [2.75, 3.05) is 19.6 Å². The largest absolute Gasteiger partial charge is 0.468 e. The third-order valence-electron chi connectivity index (χ3n) is 4.26. The highest BCUT2D eigenvalue weighted by Crippen LogP contribution is 2.24. The maximum atomic E-state index is 12.1. The first-order valence-electron chi connectivity index (χ1n) is 8.42. The molecule has 2 aromatic rings. The van der Waals surface area contributed by atoms with Crippen LogP contribution >= 0.6 is 11.3 Å². The number of piperidine rings is 1. The number of nitrogens with zero attached hydrogens (tertiary/aromatic N) is 2. The van der Waals surface area contributed by atoms with Crippen molar-refractivity contribution in [2.45, 2.75) is 38.8 Å². The summed E-state index contributed by atoms with van der Waals surface area (Å²) in [5.74, 6) is 0.910. The minimum absolute atomic E-state index is 0.0903. The van der Waals surface area contributed by atoms with Gasteiger partial charge in [-0.05, 0) is 45.0 Å². The van der Waals surface area contributed by atoms with Crippen molar-refractivity contribution in [1.29, 1.82) is 0 Å². The van der Waals surface area contributed by atoms with Crippen LogP contribution < -0.4 is 10.6 Å². The molecule has 2 N–H and O–H groups in total. The number of likely N-dealkylation sites (tertiary alicyclic amines) is 1. The van der Waals surface area contributed by atoms with Crippen molar-refractivity contribution in [3.05, 3.63) is 40.2 Å².